The minimum atomic E-state index is 0.198. The highest BCUT2D eigenvalue weighted by Crippen LogP contribution is 2.38. The molecule has 3 nitrogen and oxygen atoms in total. The van der Waals surface area contributed by atoms with Crippen LogP contribution in [0.15, 0.2) is 22.1 Å². The number of alkyl halides is 1. The van der Waals surface area contributed by atoms with E-state index in [0.29, 0.717) is 12.3 Å². The highest BCUT2D eigenvalue weighted by atomic mass is 79.9. The molecule has 1 saturated heterocycles. The molecule has 2 heterocycles. The van der Waals surface area contributed by atoms with E-state index in [1.807, 2.05) is 22.5 Å². The maximum absolute atomic E-state index is 12.0. The molecule has 1 aromatic heterocycles. The Bertz CT molecular complexity index is 613. The van der Waals surface area contributed by atoms with E-state index in [4.69, 9.17) is 0 Å². The van der Waals surface area contributed by atoms with Crippen molar-refractivity contribution in [1.29, 1.82) is 0 Å². The number of amides is 1. The number of halogens is 2. The monoisotopic (exact) mass is 388 g/mol. The van der Waals surface area contributed by atoms with E-state index in [0.717, 1.165) is 32.3 Å². The number of aromatic nitrogens is 1. The summed E-state index contributed by atoms with van der Waals surface area (Å²) < 4.78 is 2.08. The molecule has 0 saturated carbocycles. The minimum absolute atomic E-state index is 0.198. The first-order valence-electron chi connectivity index (χ1n) is 5.58. The number of fused-ring (bicyclic) bond motifs is 1. The molecular formula is C12H10Br2N2OS. The normalized spacial score (nSPS) is 20.0. The minimum Gasteiger partial charge on any atom is -0.311 e. The number of rotatable bonds is 2. The second-order valence-corrected chi connectivity index (χ2v) is 6.62. The van der Waals surface area contributed by atoms with Crippen molar-refractivity contribution in [3.8, 4) is 0 Å². The van der Waals surface area contributed by atoms with Gasteiger partial charge in [0, 0.05) is 18.3 Å². The molecular weight excluding hydrogens is 380 g/mol. The van der Waals surface area contributed by atoms with E-state index >= 15 is 0 Å². The van der Waals surface area contributed by atoms with Gasteiger partial charge in [-0.05, 0) is 34.0 Å². The maximum Gasteiger partial charge on any atom is 0.227 e. The molecule has 94 valence electrons. The fraction of sp³-hybridized carbons (Fsp3) is 0.333. The molecule has 0 aliphatic carbocycles. The molecule has 2 aromatic rings. The van der Waals surface area contributed by atoms with Crippen LogP contribution in [0, 0.1) is 5.92 Å². The predicted octanol–water partition coefficient (Wildman–Crippen LogP) is 3.81. The maximum atomic E-state index is 12.0. The Morgan fingerprint density at radius 1 is 1.50 bits per heavy atom. The lowest BCUT2D eigenvalue weighted by molar-refractivity contribution is -0.117. The van der Waals surface area contributed by atoms with E-state index in [1.54, 1.807) is 11.3 Å². The van der Waals surface area contributed by atoms with Crippen LogP contribution in [0.4, 0.5) is 5.69 Å². The summed E-state index contributed by atoms with van der Waals surface area (Å²) in [5.41, 5.74) is 3.76. The van der Waals surface area contributed by atoms with Gasteiger partial charge in [0.05, 0.1) is 25.9 Å². The molecule has 0 spiro atoms. The van der Waals surface area contributed by atoms with Gasteiger partial charge < -0.3 is 4.90 Å². The quantitative estimate of drug-likeness (QED) is 0.731. The molecule has 1 aliphatic rings. The first-order valence-corrected chi connectivity index (χ1v) is 8.38. The van der Waals surface area contributed by atoms with Crippen LogP contribution in [0.2, 0.25) is 0 Å². The van der Waals surface area contributed by atoms with Gasteiger partial charge in [0.2, 0.25) is 5.91 Å². The van der Waals surface area contributed by atoms with Crippen molar-refractivity contribution < 1.29 is 4.79 Å². The summed E-state index contributed by atoms with van der Waals surface area (Å²) in [5, 5.41) is 0.871. The SMILES string of the molecule is O=C1CC(CBr)CN1c1ccc2ncsc2c1Br. The van der Waals surface area contributed by atoms with Crippen LogP contribution in [-0.4, -0.2) is 22.8 Å². The predicted molar refractivity (Wildman–Crippen MR) is 81.6 cm³/mol. The summed E-state index contributed by atoms with van der Waals surface area (Å²) in [4.78, 5) is 18.2. The standard InChI is InChI=1S/C12H10Br2N2OS/c13-4-7-3-10(17)16(5-7)9-2-1-8-12(11(9)14)18-6-15-8/h1-2,6-7H,3-5H2. The topological polar surface area (TPSA) is 33.2 Å². The fourth-order valence-corrected chi connectivity index (χ4v) is 4.20. The number of carbonyl (C=O) groups excluding carboxylic acids is 1. The summed E-state index contributed by atoms with van der Waals surface area (Å²) in [6.45, 7) is 0.785. The summed E-state index contributed by atoms with van der Waals surface area (Å²) >= 11 is 8.65. The Kier molecular flexibility index (Phi) is 3.42. The zero-order chi connectivity index (χ0) is 12.7. The Hall–Kier alpha value is -0.460. The molecule has 1 unspecified atom stereocenters. The lowest BCUT2D eigenvalue weighted by atomic mass is 10.2. The van der Waals surface area contributed by atoms with Gasteiger partial charge in [-0.1, -0.05) is 15.9 Å². The van der Waals surface area contributed by atoms with Crippen molar-refractivity contribution in [3.05, 3.63) is 22.1 Å². The molecule has 1 atom stereocenters. The van der Waals surface area contributed by atoms with Gasteiger partial charge in [0.15, 0.2) is 0 Å². The second kappa shape index (κ2) is 4.90. The van der Waals surface area contributed by atoms with Gasteiger partial charge in [-0.15, -0.1) is 11.3 Å². The Morgan fingerprint density at radius 2 is 2.33 bits per heavy atom. The van der Waals surface area contributed by atoms with Crippen LogP contribution < -0.4 is 4.90 Å². The van der Waals surface area contributed by atoms with Crippen molar-refractivity contribution in [3.63, 3.8) is 0 Å². The van der Waals surface area contributed by atoms with Crippen molar-refractivity contribution in [2.24, 2.45) is 5.92 Å². The largest absolute Gasteiger partial charge is 0.311 e. The van der Waals surface area contributed by atoms with E-state index in [2.05, 4.69) is 36.8 Å². The molecule has 3 rings (SSSR count). The van der Waals surface area contributed by atoms with Gasteiger partial charge in [0.1, 0.15) is 0 Å². The number of hydrogen-bond donors (Lipinski definition) is 0. The third kappa shape index (κ3) is 2.00. The zero-order valence-corrected chi connectivity index (χ0v) is 13.4. The zero-order valence-electron chi connectivity index (χ0n) is 9.40. The first-order chi connectivity index (χ1) is 8.70. The molecule has 1 aromatic carbocycles. The third-order valence-corrected chi connectivity index (χ3v) is 5.97. The third-order valence-electron chi connectivity index (χ3n) is 3.13. The molecule has 1 amide bonds. The second-order valence-electron chi connectivity index (χ2n) is 4.33. The van der Waals surface area contributed by atoms with Crippen molar-refractivity contribution in [1.82, 2.24) is 4.98 Å². The fourth-order valence-electron chi connectivity index (χ4n) is 2.21. The highest BCUT2D eigenvalue weighted by molar-refractivity contribution is 9.10. The molecule has 1 aliphatic heterocycles. The van der Waals surface area contributed by atoms with Crippen molar-refractivity contribution >= 4 is 65.0 Å². The number of anilines is 1. The van der Waals surface area contributed by atoms with Crippen LogP contribution in [0.5, 0.6) is 0 Å². The smallest absolute Gasteiger partial charge is 0.227 e. The van der Waals surface area contributed by atoms with Gasteiger partial charge in [-0.2, -0.15) is 0 Å². The molecule has 18 heavy (non-hydrogen) atoms. The van der Waals surface area contributed by atoms with Crippen molar-refractivity contribution in [2.45, 2.75) is 6.42 Å². The lowest BCUT2D eigenvalue weighted by Crippen LogP contribution is -2.25. The van der Waals surface area contributed by atoms with Gasteiger partial charge in [-0.3, -0.25) is 4.79 Å². The molecule has 0 bridgehead atoms. The number of nitrogens with zero attached hydrogens (tertiary/aromatic N) is 2. The number of thiazole rings is 1. The van der Waals surface area contributed by atoms with Gasteiger partial charge >= 0.3 is 0 Å². The summed E-state index contributed by atoms with van der Waals surface area (Å²) in [6.07, 6.45) is 0.623. The van der Waals surface area contributed by atoms with E-state index in [1.165, 1.54) is 0 Å². The molecule has 0 N–H and O–H groups in total. The Labute approximate surface area is 125 Å². The first kappa shape index (κ1) is 12.6. The lowest BCUT2D eigenvalue weighted by Gasteiger charge is -2.18. The van der Waals surface area contributed by atoms with Crippen molar-refractivity contribution in [2.75, 3.05) is 16.8 Å². The van der Waals surface area contributed by atoms with E-state index < -0.39 is 0 Å². The summed E-state index contributed by atoms with van der Waals surface area (Å²) in [6, 6.07) is 3.95. The summed E-state index contributed by atoms with van der Waals surface area (Å²) in [7, 11) is 0. The van der Waals surface area contributed by atoms with E-state index in [-0.39, 0.29) is 5.91 Å². The number of carbonyl (C=O) groups is 1. The van der Waals surface area contributed by atoms with Crippen LogP contribution in [0.3, 0.4) is 0 Å². The van der Waals surface area contributed by atoms with Gasteiger partial charge in [0.25, 0.3) is 0 Å². The van der Waals surface area contributed by atoms with E-state index in [9.17, 15) is 4.79 Å². The Balaban J connectivity index is 2.04. The van der Waals surface area contributed by atoms with Crippen LogP contribution in [0.1, 0.15) is 6.42 Å². The molecule has 0 radical (unpaired) electrons. The average molecular weight is 390 g/mol. The van der Waals surface area contributed by atoms with Crippen LogP contribution in [-0.2, 0) is 4.79 Å². The number of hydrogen-bond acceptors (Lipinski definition) is 3. The van der Waals surface area contributed by atoms with Gasteiger partial charge in [-0.25, -0.2) is 4.98 Å². The van der Waals surface area contributed by atoms with Crippen LogP contribution in [0.25, 0.3) is 10.2 Å². The van der Waals surface area contributed by atoms with Crippen LogP contribution >= 0.6 is 43.2 Å². The average Bonchev–Trinajstić information content (AvgIpc) is 2.96. The Morgan fingerprint density at radius 3 is 3.06 bits per heavy atom. The summed E-state index contributed by atoms with van der Waals surface area (Å²) in [5.74, 6) is 0.602. The number of benzene rings is 1. The molecule has 6 heteroatoms. The molecule has 1 fully saturated rings. The highest BCUT2D eigenvalue weighted by Gasteiger charge is 2.31.